The lowest BCUT2D eigenvalue weighted by Gasteiger charge is -2.17. The van der Waals surface area contributed by atoms with Crippen LogP contribution in [0.15, 0.2) is 11.4 Å². The number of ether oxygens (including phenoxy) is 1. The van der Waals surface area contributed by atoms with Gasteiger partial charge in [0.1, 0.15) is 11.8 Å². The molecule has 1 amide bonds. The van der Waals surface area contributed by atoms with Gasteiger partial charge in [0.15, 0.2) is 0 Å². The van der Waals surface area contributed by atoms with E-state index in [4.69, 9.17) is 10.00 Å². The van der Waals surface area contributed by atoms with Crippen LogP contribution in [0.3, 0.4) is 0 Å². The topological polar surface area (TPSA) is 53.3 Å². The Morgan fingerprint density at radius 3 is 2.87 bits per heavy atom. The first-order chi connectivity index (χ1) is 7.10. The zero-order valence-corrected chi connectivity index (χ0v) is 9.67. The molecule has 0 saturated heterocycles. The molecule has 0 radical (unpaired) electrons. The van der Waals surface area contributed by atoms with Gasteiger partial charge < -0.3 is 9.64 Å². The van der Waals surface area contributed by atoms with Crippen molar-refractivity contribution in [1.29, 1.82) is 5.26 Å². The number of nitriles is 1. The third-order valence-corrected chi connectivity index (χ3v) is 3.01. The van der Waals surface area contributed by atoms with Gasteiger partial charge in [0.2, 0.25) is 0 Å². The molecule has 1 heterocycles. The van der Waals surface area contributed by atoms with Crippen molar-refractivity contribution in [3.8, 4) is 11.8 Å². The highest BCUT2D eigenvalue weighted by Gasteiger charge is 2.18. The summed E-state index contributed by atoms with van der Waals surface area (Å²) in [6.07, 6.45) is 0. The summed E-state index contributed by atoms with van der Waals surface area (Å²) in [5.74, 6) is 0.513. The first-order valence-corrected chi connectivity index (χ1v) is 5.27. The Kier molecular flexibility index (Phi) is 3.69. The number of carbonyl (C=O) groups is 1. The van der Waals surface area contributed by atoms with Gasteiger partial charge in [-0.3, -0.25) is 4.79 Å². The first-order valence-electron chi connectivity index (χ1n) is 4.39. The third kappa shape index (κ3) is 2.48. The lowest BCUT2D eigenvalue weighted by Crippen LogP contribution is -2.33. The van der Waals surface area contributed by atoms with E-state index in [-0.39, 0.29) is 5.91 Å². The van der Waals surface area contributed by atoms with Crippen molar-refractivity contribution in [2.75, 3.05) is 14.2 Å². The molecule has 0 bridgehead atoms. The normalized spacial score (nSPS) is 11.6. The molecule has 1 unspecified atom stereocenters. The smallest absolute Gasteiger partial charge is 0.264 e. The summed E-state index contributed by atoms with van der Waals surface area (Å²) < 4.78 is 4.99. The highest BCUT2D eigenvalue weighted by Crippen LogP contribution is 2.22. The second-order valence-electron chi connectivity index (χ2n) is 3.07. The van der Waals surface area contributed by atoms with E-state index in [0.717, 1.165) is 0 Å². The number of methoxy groups -OCH3 is 1. The monoisotopic (exact) mass is 224 g/mol. The predicted molar refractivity (Wildman–Crippen MR) is 58.0 cm³/mol. The number of carbonyl (C=O) groups excluding carboxylic acids is 1. The van der Waals surface area contributed by atoms with Gasteiger partial charge in [0, 0.05) is 18.5 Å². The highest BCUT2D eigenvalue weighted by molar-refractivity contribution is 7.12. The molecule has 1 aromatic heterocycles. The maximum atomic E-state index is 11.8. The van der Waals surface area contributed by atoms with Gasteiger partial charge in [-0.2, -0.15) is 5.26 Å². The number of thiophene rings is 1. The predicted octanol–water partition coefficient (Wildman–Crippen LogP) is 1.74. The standard InChI is InChI=1S/C10H12N2O2S/c1-7(5-11)12(2)10(13)9-4-8(14-3)6-15-9/h4,6-7H,1-3H3. The van der Waals surface area contributed by atoms with Crippen LogP contribution in [0, 0.1) is 11.3 Å². The molecule has 1 aromatic rings. The molecule has 1 atom stereocenters. The van der Waals surface area contributed by atoms with Crippen molar-refractivity contribution in [3.05, 3.63) is 16.3 Å². The zero-order valence-electron chi connectivity index (χ0n) is 8.85. The highest BCUT2D eigenvalue weighted by atomic mass is 32.1. The fraction of sp³-hybridized carbons (Fsp3) is 0.400. The maximum Gasteiger partial charge on any atom is 0.264 e. The maximum absolute atomic E-state index is 11.8. The minimum Gasteiger partial charge on any atom is -0.496 e. The molecule has 15 heavy (non-hydrogen) atoms. The average Bonchev–Trinajstić information content (AvgIpc) is 2.74. The molecule has 0 fully saturated rings. The lowest BCUT2D eigenvalue weighted by atomic mass is 10.3. The minimum atomic E-state index is -0.425. The lowest BCUT2D eigenvalue weighted by molar-refractivity contribution is 0.0777. The number of hydrogen-bond acceptors (Lipinski definition) is 4. The van der Waals surface area contributed by atoms with Crippen LogP contribution in [0.4, 0.5) is 0 Å². The van der Waals surface area contributed by atoms with Crippen LogP contribution in [-0.4, -0.2) is 31.0 Å². The van der Waals surface area contributed by atoms with E-state index in [1.165, 1.54) is 16.2 Å². The van der Waals surface area contributed by atoms with Gasteiger partial charge in [0.25, 0.3) is 5.91 Å². The second-order valence-corrected chi connectivity index (χ2v) is 3.98. The summed E-state index contributed by atoms with van der Waals surface area (Å²) in [6.45, 7) is 1.68. The van der Waals surface area contributed by atoms with E-state index in [2.05, 4.69) is 0 Å². The molecule has 0 aliphatic rings. The Morgan fingerprint density at radius 1 is 1.73 bits per heavy atom. The van der Waals surface area contributed by atoms with Gasteiger partial charge in [-0.05, 0) is 6.92 Å². The van der Waals surface area contributed by atoms with Crippen molar-refractivity contribution < 1.29 is 9.53 Å². The summed E-state index contributed by atoms with van der Waals surface area (Å²) in [7, 11) is 3.17. The largest absolute Gasteiger partial charge is 0.496 e. The minimum absolute atomic E-state index is 0.155. The van der Waals surface area contributed by atoms with Gasteiger partial charge >= 0.3 is 0 Å². The van der Waals surface area contributed by atoms with E-state index in [9.17, 15) is 4.79 Å². The second kappa shape index (κ2) is 4.80. The molecule has 80 valence electrons. The Bertz CT molecular complexity index is 394. The van der Waals surface area contributed by atoms with Gasteiger partial charge in [-0.15, -0.1) is 11.3 Å². The van der Waals surface area contributed by atoms with E-state index < -0.39 is 6.04 Å². The van der Waals surface area contributed by atoms with Crippen molar-refractivity contribution >= 4 is 17.2 Å². The average molecular weight is 224 g/mol. The van der Waals surface area contributed by atoms with Crippen molar-refractivity contribution in [1.82, 2.24) is 4.90 Å². The summed E-state index contributed by atoms with van der Waals surface area (Å²) in [5.41, 5.74) is 0. The molecule has 0 aliphatic heterocycles. The zero-order chi connectivity index (χ0) is 11.4. The van der Waals surface area contributed by atoms with Crippen LogP contribution < -0.4 is 4.74 Å². The Balaban J connectivity index is 2.81. The van der Waals surface area contributed by atoms with Crippen LogP contribution in [0.25, 0.3) is 0 Å². The number of rotatable bonds is 3. The van der Waals surface area contributed by atoms with E-state index >= 15 is 0 Å². The first kappa shape index (κ1) is 11.5. The number of nitrogens with zero attached hydrogens (tertiary/aromatic N) is 2. The van der Waals surface area contributed by atoms with E-state index in [1.54, 1.807) is 32.5 Å². The Morgan fingerprint density at radius 2 is 2.40 bits per heavy atom. The molecule has 0 N–H and O–H groups in total. The van der Waals surface area contributed by atoms with Crippen molar-refractivity contribution in [3.63, 3.8) is 0 Å². The molecule has 0 spiro atoms. The van der Waals surface area contributed by atoms with Crippen LogP contribution in [0.1, 0.15) is 16.6 Å². The third-order valence-electron chi connectivity index (χ3n) is 2.11. The summed E-state index contributed by atoms with van der Waals surface area (Å²) in [4.78, 5) is 13.8. The Labute approximate surface area is 92.7 Å². The molecule has 4 nitrogen and oxygen atoms in total. The fourth-order valence-corrected chi connectivity index (χ4v) is 1.81. The molecule has 0 saturated carbocycles. The SMILES string of the molecule is COc1csc(C(=O)N(C)C(C)C#N)c1. The quantitative estimate of drug-likeness (QED) is 0.785. The van der Waals surface area contributed by atoms with Crippen LogP contribution in [0.2, 0.25) is 0 Å². The Hall–Kier alpha value is -1.54. The molecule has 5 heteroatoms. The molecular formula is C10H12N2O2S. The van der Waals surface area contributed by atoms with E-state index in [0.29, 0.717) is 10.6 Å². The van der Waals surface area contributed by atoms with Crippen LogP contribution >= 0.6 is 11.3 Å². The number of hydrogen-bond donors (Lipinski definition) is 0. The molecule has 0 aliphatic carbocycles. The summed E-state index contributed by atoms with van der Waals surface area (Å²) in [5, 5.41) is 10.4. The van der Waals surface area contributed by atoms with Gasteiger partial charge in [0.05, 0.1) is 18.1 Å². The van der Waals surface area contributed by atoms with Crippen molar-refractivity contribution in [2.24, 2.45) is 0 Å². The van der Waals surface area contributed by atoms with E-state index in [1.807, 2.05) is 6.07 Å². The van der Waals surface area contributed by atoms with Gasteiger partial charge in [-0.25, -0.2) is 0 Å². The van der Waals surface area contributed by atoms with Gasteiger partial charge in [-0.1, -0.05) is 0 Å². The van der Waals surface area contributed by atoms with Crippen LogP contribution in [-0.2, 0) is 0 Å². The summed E-state index contributed by atoms with van der Waals surface area (Å²) in [6, 6.07) is 3.26. The van der Waals surface area contributed by atoms with Crippen molar-refractivity contribution in [2.45, 2.75) is 13.0 Å². The number of amides is 1. The molecular weight excluding hydrogens is 212 g/mol. The molecule has 1 rings (SSSR count). The molecule has 0 aromatic carbocycles. The van der Waals surface area contributed by atoms with Crippen LogP contribution in [0.5, 0.6) is 5.75 Å². The summed E-state index contributed by atoms with van der Waals surface area (Å²) >= 11 is 1.31. The fourth-order valence-electron chi connectivity index (χ4n) is 0.974.